The smallest absolute Gasteiger partial charge is 0.290 e. The molecule has 1 unspecified atom stereocenters. The van der Waals surface area contributed by atoms with Gasteiger partial charge in [0, 0.05) is 24.6 Å². The number of hydrogen-bond donors (Lipinski definition) is 2. The maximum atomic E-state index is 13.1. The summed E-state index contributed by atoms with van der Waals surface area (Å²) < 4.78 is 11.2. The van der Waals surface area contributed by atoms with E-state index in [1.165, 1.54) is 0 Å². The molecule has 0 bridgehead atoms. The Morgan fingerprint density at radius 2 is 1.85 bits per heavy atom. The van der Waals surface area contributed by atoms with Crippen LogP contribution < -0.4 is 10.6 Å². The lowest BCUT2D eigenvalue weighted by Gasteiger charge is -2.27. The summed E-state index contributed by atoms with van der Waals surface area (Å²) in [6, 6.07) is 9.73. The lowest BCUT2D eigenvalue weighted by Crippen LogP contribution is -2.51. The Bertz CT molecular complexity index is 962. The number of rotatable bonds is 4. The number of carbonyl (C=O) groups is 3. The van der Waals surface area contributed by atoms with E-state index in [0.717, 1.165) is 5.56 Å². The SMILES string of the molecule is CC(C)(NC(=O)C(=O)C1CCCCOCCOCc2ccccc2C(=O)N1)c1cccnc1. The molecular weight excluding hydrogens is 422 g/mol. The highest BCUT2D eigenvalue weighted by Crippen LogP contribution is 2.19. The number of fused-ring (bicyclic) bond motifs is 1. The van der Waals surface area contributed by atoms with E-state index in [4.69, 9.17) is 9.47 Å². The molecule has 3 rings (SSSR count). The van der Waals surface area contributed by atoms with Gasteiger partial charge in [-0.3, -0.25) is 19.4 Å². The normalized spacial score (nSPS) is 18.4. The fraction of sp³-hybridized carbons (Fsp3) is 0.440. The zero-order valence-corrected chi connectivity index (χ0v) is 19.1. The Morgan fingerprint density at radius 3 is 2.64 bits per heavy atom. The average molecular weight is 454 g/mol. The third-order valence-corrected chi connectivity index (χ3v) is 5.58. The molecule has 0 saturated heterocycles. The maximum Gasteiger partial charge on any atom is 0.290 e. The second kappa shape index (κ2) is 11.7. The Hall–Kier alpha value is -3.10. The van der Waals surface area contributed by atoms with Crippen LogP contribution in [0.3, 0.4) is 0 Å². The van der Waals surface area contributed by atoms with Crippen molar-refractivity contribution in [3.8, 4) is 0 Å². The van der Waals surface area contributed by atoms with Crippen LogP contribution in [0.1, 0.15) is 54.6 Å². The summed E-state index contributed by atoms with van der Waals surface area (Å²) in [5.41, 5.74) is 1.10. The molecule has 0 saturated carbocycles. The molecular formula is C25H31N3O5. The summed E-state index contributed by atoms with van der Waals surface area (Å²) in [5, 5.41) is 5.56. The first-order valence-corrected chi connectivity index (χ1v) is 11.2. The topological polar surface area (TPSA) is 107 Å². The monoisotopic (exact) mass is 453 g/mol. The Morgan fingerprint density at radius 1 is 1.06 bits per heavy atom. The minimum atomic E-state index is -0.945. The standard InChI is InChI=1S/C25H31N3O5/c1-25(2,19-9-7-12-26-16-19)28-24(31)22(29)21-11-5-6-13-32-14-15-33-17-18-8-3-4-10-20(18)23(30)27-21/h3-4,7-10,12,16,21H,5-6,11,13-15,17H2,1-2H3,(H,27,30)(H,28,31). The molecule has 2 amide bonds. The Labute approximate surface area is 194 Å². The molecule has 8 nitrogen and oxygen atoms in total. The summed E-state index contributed by atoms with van der Waals surface area (Å²) in [5.74, 6) is -1.83. The summed E-state index contributed by atoms with van der Waals surface area (Å²) in [6.45, 7) is 5.27. The van der Waals surface area contributed by atoms with E-state index in [1.54, 1.807) is 44.4 Å². The lowest BCUT2D eigenvalue weighted by atomic mass is 9.95. The van der Waals surface area contributed by atoms with Crippen LogP contribution in [0.25, 0.3) is 0 Å². The van der Waals surface area contributed by atoms with Crippen LogP contribution in [0.5, 0.6) is 0 Å². The summed E-state index contributed by atoms with van der Waals surface area (Å²) in [6.07, 6.45) is 4.96. The molecule has 1 aliphatic rings. The summed E-state index contributed by atoms with van der Waals surface area (Å²) in [4.78, 5) is 43.1. The fourth-order valence-corrected chi connectivity index (χ4v) is 3.64. The van der Waals surface area contributed by atoms with Crippen molar-refractivity contribution >= 4 is 17.6 Å². The molecule has 1 aromatic heterocycles. The summed E-state index contributed by atoms with van der Waals surface area (Å²) in [7, 11) is 0. The molecule has 0 fully saturated rings. The van der Waals surface area contributed by atoms with Gasteiger partial charge in [0.15, 0.2) is 0 Å². The van der Waals surface area contributed by atoms with Crippen molar-refractivity contribution < 1.29 is 23.9 Å². The van der Waals surface area contributed by atoms with Gasteiger partial charge in [-0.15, -0.1) is 0 Å². The average Bonchev–Trinajstić information content (AvgIpc) is 2.81. The van der Waals surface area contributed by atoms with Crippen LogP contribution in [0, 0.1) is 0 Å². The van der Waals surface area contributed by atoms with E-state index in [2.05, 4.69) is 15.6 Å². The number of ether oxygens (including phenoxy) is 2. The van der Waals surface area contributed by atoms with Gasteiger partial charge in [-0.1, -0.05) is 24.3 Å². The van der Waals surface area contributed by atoms with Gasteiger partial charge >= 0.3 is 0 Å². The first-order chi connectivity index (χ1) is 15.9. The highest BCUT2D eigenvalue weighted by Gasteiger charge is 2.32. The Kier molecular flexibility index (Phi) is 8.68. The van der Waals surface area contributed by atoms with E-state index >= 15 is 0 Å². The third-order valence-electron chi connectivity index (χ3n) is 5.58. The number of benzene rings is 1. The van der Waals surface area contributed by atoms with Crippen molar-refractivity contribution in [3.63, 3.8) is 0 Å². The van der Waals surface area contributed by atoms with Crippen LogP contribution >= 0.6 is 0 Å². The molecule has 1 aromatic carbocycles. The van der Waals surface area contributed by atoms with Crippen molar-refractivity contribution in [1.29, 1.82) is 0 Å². The van der Waals surface area contributed by atoms with Gasteiger partial charge in [0.1, 0.15) is 0 Å². The van der Waals surface area contributed by atoms with E-state index < -0.39 is 29.2 Å². The number of aromatic nitrogens is 1. The third kappa shape index (κ3) is 6.94. The van der Waals surface area contributed by atoms with Crippen molar-refractivity contribution in [2.75, 3.05) is 19.8 Å². The van der Waals surface area contributed by atoms with Gasteiger partial charge in [-0.05, 0) is 56.4 Å². The van der Waals surface area contributed by atoms with Gasteiger partial charge in [0.25, 0.3) is 11.8 Å². The molecule has 2 heterocycles. The van der Waals surface area contributed by atoms with Gasteiger partial charge in [0.05, 0.1) is 31.4 Å². The van der Waals surface area contributed by atoms with Gasteiger partial charge in [-0.25, -0.2) is 0 Å². The predicted octanol–water partition coefficient (Wildman–Crippen LogP) is 2.52. The molecule has 0 spiro atoms. The minimum absolute atomic E-state index is 0.255. The van der Waals surface area contributed by atoms with Gasteiger partial charge in [-0.2, -0.15) is 0 Å². The van der Waals surface area contributed by atoms with Gasteiger partial charge in [0.2, 0.25) is 5.78 Å². The molecule has 33 heavy (non-hydrogen) atoms. The van der Waals surface area contributed by atoms with E-state index in [0.29, 0.717) is 50.2 Å². The van der Waals surface area contributed by atoms with Crippen LogP contribution in [0.2, 0.25) is 0 Å². The second-order valence-electron chi connectivity index (χ2n) is 8.53. The molecule has 2 aromatic rings. The number of nitrogens with one attached hydrogen (secondary N) is 2. The predicted molar refractivity (Wildman–Crippen MR) is 122 cm³/mol. The zero-order valence-electron chi connectivity index (χ0n) is 19.1. The van der Waals surface area contributed by atoms with Crippen LogP contribution in [0.15, 0.2) is 48.8 Å². The maximum absolute atomic E-state index is 13.1. The number of nitrogens with zero attached hydrogens (tertiary/aromatic N) is 1. The highest BCUT2D eigenvalue weighted by molar-refractivity contribution is 6.38. The zero-order chi connectivity index (χ0) is 23.7. The van der Waals surface area contributed by atoms with Crippen molar-refractivity contribution in [1.82, 2.24) is 15.6 Å². The van der Waals surface area contributed by atoms with Gasteiger partial charge < -0.3 is 20.1 Å². The quantitative estimate of drug-likeness (QED) is 0.689. The molecule has 0 aliphatic carbocycles. The van der Waals surface area contributed by atoms with Crippen molar-refractivity contribution in [3.05, 3.63) is 65.5 Å². The van der Waals surface area contributed by atoms with E-state index in [-0.39, 0.29) is 6.61 Å². The number of hydrogen-bond acceptors (Lipinski definition) is 6. The number of Topliss-reactive ketones (excluding diaryl/α,β-unsaturated/α-hetero) is 1. The molecule has 1 aliphatic heterocycles. The van der Waals surface area contributed by atoms with Crippen molar-refractivity contribution in [2.24, 2.45) is 0 Å². The van der Waals surface area contributed by atoms with Crippen LogP contribution in [-0.2, 0) is 31.2 Å². The van der Waals surface area contributed by atoms with Crippen LogP contribution in [0.4, 0.5) is 0 Å². The number of pyridine rings is 1. The number of amides is 2. The number of ketones is 1. The molecule has 8 heteroatoms. The fourth-order valence-electron chi connectivity index (χ4n) is 3.64. The van der Waals surface area contributed by atoms with Crippen molar-refractivity contribution in [2.45, 2.75) is 51.3 Å². The minimum Gasteiger partial charge on any atom is -0.379 e. The second-order valence-corrected chi connectivity index (χ2v) is 8.53. The first-order valence-electron chi connectivity index (χ1n) is 11.2. The summed E-state index contributed by atoms with van der Waals surface area (Å²) >= 11 is 0. The Balaban J connectivity index is 1.77. The largest absolute Gasteiger partial charge is 0.379 e. The van der Waals surface area contributed by atoms with E-state index in [1.807, 2.05) is 18.2 Å². The highest BCUT2D eigenvalue weighted by atomic mass is 16.5. The van der Waals surface area contributed by atoms with Crippen LogP contribution in [-0.4, -0.2) is 48.4 Å². The lowest BCUT2D eigenvalue weighted by molar-refractivity contribution is -0.140. The molecule has 2 N–H and O–H groups in total. The first kappa shape index (κ1) is 24.5. The van der Waals surface area contributed by atoms with E-state index in [9.17, 15) is 14.4 Å². The number of carbonyl (C=O) groups excluding carboxylic acids is 3. The molecule has 0 radical (unpaired) electrons. The molecule has 1 atom stereocenters. The molecule has 176 valence electrons.